The van der Waals surface area contributed by atoms with Gasteiger partial charge in [-0.2, -0.15) is 0 Å². The highest BCUT2D eigenvalue weighted by Gasteiger charge is 2.67. The van der Waals surface area contributed by atoms with E-state index in [9.17, 15) is 15.0 Å². The Morgan fingerprint density at radius 1 is 1.04 bits per heavy atom. The molecular formula is C22H36O5. The maximum Gasteiger partial charge on any atom is 0.311 e. The third kappa shape index (κ3) is 3.14. The molecule has 4 fully saturated rings. The van der Waals surface area contributed by atoms with Crippen molar-refractivity contribution in [3.8, 4) is 0 Å². The normalized spacial score (nSPS) is 39.8. The van der Waals surface area contributed by atoms with E-state index in [1.165, 1.54) is 0 Å². The van der Waals surface area contributed by atoms with E-state index in [4.69, 9.17) is 9.47 Å². The summed E-state index contributed by atoms with van der Waals surface area (Å²) in [6, 6.07) is 0. The summed E-state index contributed by atoms with van der Waals surface area (Å²) >= 11 is 0. The summed E-state index contributed by atoms with van der Waals surface area (Å²) in [7, 11) is 0. The number of esters is 1. The summed E-state index contributed by atoms with van der Waals surface area (Å²) in [6.07, 6.45) is 7.90. The minimum atomic E-state index is -0.798. The predicted molar refractivity (Wildman–Crippen MR) is 101 cm³/mol. The van der Waals surface area contributed by atoms with Gasteiger partial charge in [-0.3, -0.25) is 4.79 Å². The van der Waals surface area contributed by atoms with Crippen LogP contribution in [-0.4, -0.2) is 45.7 Å². The van der Waals surface area contributed by atoms with Crippen LogP contribution in [0.25, 0.3) is 0 Å². The standard InChI is InChI=1S/C22H36O5/c1-4-20(2,3)19(23)27-15-13-14-16(21(24)9-5-6-10-21)17(18(15)26-14)22(25)11-7-8-12-22/h14-18,24-25H,4-13H2,1-3H3. The second kappa shape index (κ2) is 6.70. The van der Waals surface area contributed by atoms with E-state index >= 15 is 0 Å². The predicted octanol–water partition coefficient (Wildman–Crippen LogP) is 3.35. The SMILES string of the molecule is CCC(C)(C)C(=O)OC1CC2OC1C(C1(O)CCCC1)C2C1(O)CCCC1. The van der Waals surface area contributed by atoms with Gasteiger partial charge >= 0.3 is 5.97 Å². The Morgan fingerprint density at radius 3 is 2.07 bits per heavy atom. The van der Waals surface area contributed by atoms with E-state index in [2.05, 4.69) is 0 Å². The number of fused-ring (bicyclic) bond motifs is 2. The van der Waals surface area contributed by atoms with E-state index < -0.39 is 16.6 Å². The molecule has 5 nitrogen and oxygen atoms in total. The Hall–Kier alpha value is -0.650. The maximum atomic E-state index is 12.6. The molecule has 4 aliphatic rings. The first-order valence-electron chi connectivity index (χ1n) is 11.0. The van der Waals surface area contributed by atoms with Gasteiger partial charge in [-0.25, -0.2) is 0 Å². The summed E-state index contributed by atoms with van der Waals surface area (Å²) in [5.41, 5.74) is -2.04. The van der Waals surface area contributed by atoms with Crippen LogP contribution < -0.4 is 0 Å². The molecule has 5 unspecified atom stereocenters. The number of aliphatic hydroxyl groups is 2. The zero-order chi connectivity index (χ0) is 19.4. The molecule has 4 rings (SSSR count). The minimum absolute atomic E-state index is 0.0396. The lowest BCUT2D eigenvalue weighted by Gasteiger charge is -2.46. The molecule has 0 radical (unpaired) electrons. The number of rotatable bonds is 5. The van der Waals surface area contributed by atoms with Gasteiger partial charge in [0.1, 0.15) is 12.2 Å². The number of hydrogen-bond acceptors (Lipinski definition) is 5. The molecule has 2 saturated carbocycles. The van der Waals surface area contributed by atoms with Crippen molar-refractivity contribution in [3.63, 3.8) is 0 Å². The smallest absolute Gasteiger partial charge is 0.311 e. The molecule has 2 bridgehead atoms. The lowest BCUT2D eigenvalue weighted by atomic mass is 9.62. The van der Waals surface area contributed by atoms with Gasteiger partial charge in [0.05, 0.1) is 22.7 Å². The summed E-state index contributed by atoms with van der Waals surface area (Å²) in [6.45, 7) is 5.82. The summed E-state index contributed by atoms with van der Waals surface area (Å²) < 4.78 is 12.2. The van der Waals surface area contributed by atoms with Crippen LogP contribution in [0.4, 0.5) is 0 Å². The highest BCUT2D eigenvalue weighted by atomic mass is 16.6. The van der Waals surface area contributed by atoms with Crippen LogP contribution in [0.3, 0.4) is 0 Å². The average molecular weight is 381 g/mol. The van der Waals surface area contributed by atoms with Crippen molar-refractivity contribution in [1.82, 2.24) is 0 Å². The average Bonchev–Trinajstić information content (AvgIpc) is 3.38. The second-order valence-electron chi connectivity index (χ2n) is 10.2. The molecule has 2 aliphatic carbocycles. The third-order valence-electron chi connectivity index (χ3n) is 8.18. The van der Waals surface area contributed by atoms with Gasteiger partial charge in [0.25, 0.3) is 0 Å². The summed E-state index contributed by atoms with van der Waals surface area (Å²) in [5, 5.41) is 22.9. The van der Waals surface area contributed by atoms with Crippen molar-refractivity contribution < 1.29 is 24.5 Å². The fourth-order valence-corrected chi connectivity index (χ4v) is 6.21. The van der Waals surface area contributed by atoms with Gasteiger partial charge < -0.3 is 19.7 Å². The molecule has 2 saturated heterocycles. The number of ether oxygens (including phenoxy) is 2. The van der Waals surface area contributed by atoms with Crippen LogP contribution in [0.5, 0.6) is 0 Å². The Kier molecular flexibility index (Phi) is 4.88. The molecule has 154 valence electrons. The van der Waals surface area contributed by atoms with Gasteiger partial charge in [-0.05, 0) is 46.0 Å². The Bertz CT molecular complexity index is 573. The number of carbonyl (C=O) groups excluding carboxylic acids is 1. The Morgan fingerprint density at radius 2 is 1.56 bits per heavy atom. The van der Waals surface area contributed by atoms with E-state index in [0.29, 0.717) is 6.42 Å². The molecule has 27 heavy (non-hydrogen) atoms. The van der Waals surface area contributed by atoms with Crippen molar-refractivity contribution in [1.29, 1.82) is 0 Å². The van der Waals surface area contributed by atoms with Crippen LogP contribution in [0, 0.1) is 17.3 Å². The molecule has 0 aromatic heterocycles. The largest absolute Gasteiger partial charge is 0.459 e. The topological polar surface area (TPSA) is 76.0 Å². The lowest BCUT2D eigenvalue weighted by Crippen LogP contribution is -2.57. The minimum Gasteiger partial charge on any atom is -0.459 e. The van der Waals surface area contributed by atoms with E-state index in [0.717, 1.165) is 57.8 Å². The lowest BCUT2D eigenvalue weighted by molar-refractivity contribution is -0.171. The first kappa shape index (κ1) is 19.7. The van der Waals surface area contributed by atoms with Crippen LogP contribution in [0.1, 0.15) is 85.0 Å². The highest BCUT2D eigenvalue weighted by molar-refractivity contribution is 5.76. The van der Waals surface area contributed by atoms with Crippen LogP contribution in [0.15, 0.2) is 0 Å². The fourth-order valence-electron chi connectivity index (χ4n) is 6.21. The molecule has 0 amide bonds. The van der Waals surface area contributed by atoms with Crippen LogP contribution in [-0.2, 0) is 14.3 Å². The molecular weight excluding hydrogens is 344 g/mol. The fraction of sp³-hybridized carbons (Fsp3) is 0.955. The maximum absolute atomic E-state index is 12.6. The van der Waals surface area contributed by atoms with Crippen molar-refractivity contribution in [2.24, 2.45) is 17.3 Å². The molecule has 2 aliphatic heterocycles. The van der Waals surface area contributed by atoms with Crippen molar-refractivity contribution in [2.75, 3.05) is 0 Å². The van der Waals surface area contributed by atoms with E-state index in [1.54, 1.807) is 0 Å². The second-order valence-corrected chi connectivity index (χ2v) is 10.2. The Balaban J connectivity index is 1.59. The van der Waals surface area contributed by atoms with Crippen molar-refractivity contribution >= 4 is 5.97 Å². The molecule has 0 spiro atoms. The monoisotopic (exact) mass is 380 g/mol. The highest BCUT2D eigenvalue weighted by Crippen LogP contribution is 2.58. The molecule has 5 heteroatoms. The quantitative estimate of drug-likeness (QED) is 0.716. The zero-order valence-electron chi connectivity index (χ0n) is 17.1. The van der Waals surface area contributed by atoms with E-state index in [-0.39, 0.29) is 36.1 Å². The van der Waals surface area contributed by atoms with Gasteiger partial charge in [-0.1, -0.05) is 32.6 Å². The van der Waals surface area contributed by atoms with Crippen LogP contribution >= 0.6 is 0 Å². The molecule has 5 atom stereocenters. The van der Waals surface area contributed by atoms with Crippen LogP contribution in [0.2, 0.25) is 0 Å². The van der Waals surface area contributed by atoms with Gasteiger partial charge in [-0.15, -0.1) is 0 Å². The molecule has 0 aromatic rings. The first-order valence-corrected chi connectivity index (χ1v) is 11.0. The first-order chi connectivity index (χ1) is 12.7. The summed E-state index contributed by atoms with van der Waals surface area (Å²) in [4.78, 5) is 12.6. The van der Waals surface area contributed by atoms with E-state index in [1.807, 2.05) is 20.8 Å². The zero-order valence-corrected chi connectivity index (χ0v) is 17.1. The molecule has 2 heterocycles. The van der Waals surface area contributed by atoms with Gasteiger partial charge in [0.2, 0.25) is 0 Å². The number of carbonyl (C=O) groups is 1. The third-order valence-corrected chi connectivity index (χ3v) is 8.18. The number of hydrogen-bond donors (Lipinski definition) is 2. The van der Waals surface area contributed by atoms with Crippen molar-refractivity contribution in [3.05, 3.63) is 0 Å². The van der Waals surface area contributed by atoms with Gasteiger partial charge in [0, 0.05) is 18.3 Å². The Labute approximate surface area is 162 Å². The molecule has 0 aromatic carbocycles. The summed E-state index contributed by atoms with van der Waals surface area (Å²) in [5.74, 6) is -0.355. The van der Waals surface area contributed by atoms with Gasteiger partial charge in [0.15, 0.2) is 0 Å². The molecule has 2 N–H and O–H groups in total. The van der Waals surface area contributed by atoms with Crippen molar-refractivity contribution in [2.45, 2.75) is 114 Å².